The van der Waals surface area contributed by atoms with Crippen LogP contribution in [0.15, 0.2) is 10.6 Å². The summed E-state index contributed by atoms with van der Waals surface area (Å²) in [5, 5.41) is 7.87. The number of hydrogen-bond donors (Lipinski definition) is 1. The summed E-state index contributed by atoms with van der Waals surface area (Å²) in [6.45, 7) is 10.3. The molecular weight excluding hydrogens is 298 g/mol. The van der Waals surface area contributed by atoms with Gasteiger partial charge in [-0.15, -0.1) is 11.3 Å². The van der Waals surface area contributed by atoms with Gasteiger partial charge in [0.05, 0.1) is 17.4 Å². The Labute approximate surface area is 135 Å². The molecule has 1 atom stereocenters. The molecule has 0 bridgehead atoms. The molecule has 1 N–H and O–H groups in total. The van der Waals surface area contributed by atoms with Crippen LogP contribution in [0.2, 0.25) is 0 Å². The van der Waals surface area contributed by atoms with Gasteiger partial charge in [-0.2, -0.15) is 0 Å². The number of nitrogens with zero attached hydrogens (tertiary/aromatic N) is 2. The van der Waals surface area contributed by atoms with Crippen molar-refractivity contribution in [2.45, 2.75) is 53.5 Å². The smallest absolute Gasteiger partial charge is 0.290 e. The van der Waals surface area contributed by atoms with Crippen LogP contribution in [-0.2, 0) is 6.42 Å². The van der Waals surface area contributed by atoms with Crippen molar-refractivity contribution in [2.75, 3.05) is 0 Å². The third-order valence-corrected chi connectivity index (χ3v) is 4.64. The highest BCUT2D eigenvalue weighted by Gasteiger charge is 2.21. The minimum atomic E-state index is -0.236. The second-order valence-electron chi connectivity index (χ2n) is 5.91. The fraction of sp³-hybridized carbons (Fsp3) is 0.562. The zero-order valence-electron chi connectivity index (χ0n) is 13.8. The van der Waals surface area contributed by atoms with Crippen molar-refractivity contribution < 1.29 is 9.32 Å². The molecular formula is C16H23N3O2S. The topological polar surface area (TPSA) is 68.0 Å². The number of nitrogens with one attached hydrogen (secondary N) is 1. The minimum Gasteiger partial charge on any atom is -0.351 e. The van der Waals surface area contributed by atoms with Gasteiger partial charge in [-0.05, 0) is 32.6 Å². The predicted molar refractivity (Wildman–Crippen MR) is 87.1 cm³/mol. The molecule has 0 aliphatic rings. The van der Waals surface area contributed by atoms with Crippen LogP contribution < -0.4 is 5.32 Å². The van der Waals surface area contributed by atoms with Crippen LogP contribution in [0, 0.1) is 19.8 Å². The molecule has 0 aliphatic heterocycles. The summed E-state index contributed by atoms with van der Waals surface area (Å²) in [7, 11) is 0. The molecule has 0 aliphatic carbocycles. The summed E-state index contributed by atoms with van der Waals surface area (Å²) < 4.78 is 5.16. The number of aryl methyl sites for hydroxylation is 2. The van der Waals surface area contributed by atoms with Crippen LogP contribution in [0.1, 0.15) is 65.1 Å². The van der Waals surface area contributed by atoms with Gasteiger partial charge >= 0.3 is 0 Å². The van der Waals surface area contributed by atoms with Crippen molar-refractivity contribution in [1.29, 1.82) is 0 Å². The van der Waals surface area contributed by atoms with E-state index in [1.54, 1.807) is 17.4 Å². The highest BCUT2D eigenvalue weighted by molar-refractivity contribution is 7.11. The Morgan fingerprint density at radius 2 is 2.14 bits per heavy atom. The van der Waals surface area contributed by atoms with E-state index in [1.807, 2.05) is 20.8 Å². The number of rotatable bonds is 6. The number of carbonyl (C=O) groups excluding carboxylic acids is 1. The SMILES string of the molecule is CCC(NC(=O)c1cc(CC(C)C)no1)c1nc(C)c(C)s1. The fourth-order valence-electron chi connectivity index (χ4n) is 2.15. The van der Waals surface area contributed by atoms with E-state index in [2.05, 4.69) is 29.3 Å². The van der Waals surface area contributed by atoms with Gasteiger partial charge in [0.1, 0.15) is 5.01 Å². The number of carbonyl (C=O) groups is 1. The molecule has 1 amide bonds. The molecule has 22 heavy (non-hydrogen) atoms. The zero-order valence-corrected chi connectivity index (χ0v) is 14.6. The predicted octanol–water partition coefficient (Wildman–Crippen LogP) is 3.83. The number of hydrogen-bond acceptors (Lipinski definition) is 5. The van der Waals surface area contributed by atoms with Gasteiger partial charge < -0.3 is 9.84 Å². The van der Waals surface area contributed by atoms with Gasteiger partial charge in [0.15, 0.2) is 0 Å². The maximum atomic E-state index is 12.3. The molecule has 2 heterocycles. The molecule has 0 aromatic carbocycles. The molecule has 5 nitrogen and oxygen atoms in total. The summed E-state index contributed by atoms with van der Waals surface area (Å²) in [6.07, 6.45) is 1.59. The number of thiazole rings is 1. The molecule has 0 saturated heterocycles. The molecule has 2 aromatic heterocycles. The van der Waals surface area contributed by atoms with E-state index in [-0.39, 0.29) is 17.7 Å². The maximum absolute atomic E-state index is 12.3. The van der Waals surface area contributed by atoms with Crippen LogP contribution in [-0.4, -0.2) is 16.0 Å². The Hall–Kier alpha value is -1.69. The van der Waals surface area contributed by atoms with Crippen molar-refractivity contribution in [3.05, 3.63) is 33.1 Å². The van der Waals surface area contributed by atoms with E-state index < -0.39 is 0 Å². The average Bonchev–Trinajstić information content (AvgIpc) is 3.03. The first-order chi connectivity index (χ1) is 10.4. The molecule has 1 unspecified atom stereocenters. The van der Waals surface area contributed by atoms with E-state index in [4.69, 9.17) is 4.52 Å². The highest BCUT2D eigenvalue weighted by atomic mass is 32.1. The molecule has 120 valence electrons. The molecule has 0 saturated carbocycles. The lowest BCUT2D eigenvalue weighted by molar-refractivity contribution is 0.0898. The first-order valence-electron chi connectivity index (χ1n) is 7.61. The Bertz CT molecular complexity index is 626. The van der Waals surface area contributed by atoms with Crippen LogP contribution in [0.25, 0.3) is 0 Å². The van der Waals surface area contributed by atoms with Gasteiger partial charge in [0.2, 0.25) is 5.76 Å². The second-order valence-corrected chi connectivity index (χ2v) is 7.14. The summed E-state index contributed by atoms with van der Waals surface area (Å²) in [4.78, 5) is 18.0. The van der Waals surface area contributed by atoms with E-state index >= 15 is 0 Å². The van der Waals surface area contributed by atoms with Crippen molar-refractivity contribution >= 4 is 17.2 Å². The molecule has 0 fully saturated rings. The van der Waals surface area contributed by atoms with Crippen molar-refractivity contribution in [3.8, 4) is 0 Å². The quantitative estimate of drug-likeness (QED) is 0.878. The van der Waals surface area contributed by atoms with Gasteiger partial charge in [0, 0.05) is 10.9 Å². The van der Waals surface area contributed by atoms with Gasteiger partial charge in [-0.25, -0.2) is 4.98 Å². The largest absolute Gasteiger partial charge is 0.351 e. The normalized spacial score (nSPS) is 12.6. The Morgan fingerprint density at radius 3 is 2.68 bits per heavy atom. The van der Waals surface area contributed by atoms with E-state index in [0.29, 0.717) is 5.92 Å². The molecule has 6 heteroatoms. The molecule has 0 radical (unpaired) electrons. The lowest BCUT2D eigenvalue weighted by Gasteiger charge is -2.12. The van der Waals surface area contributed by atoms with Gasteiger partial charge in [0.25, 0.3) is 5.91 Å². The maximum Gasteiger partial charge on any atom is 0.290 e. The number of aromatic nitrogens is 2. The summed E-state index contributed by atoms with van der Waals surface area (Å²) >= 11 is 1.63. The Kier molecular flexibility index (Phi) is 5.34. The second kappa shape index (κ2) is 7.05. The molecule has 2 aromatic rings. The van der Waals surface area contributed by atoms with Crippen LogP contribution >= 0.6 is 11.3 Å². The van der Waals surface area contributed by atoms with Crippen molar-refractivity contribution in [2.24, 2.45) is 5.92 Å². The third kappa shape index (κ3) is 3.94. The lowest BCUT2D eigenvalue weighted by atomic mass is 10.1. The monoisotopic (exact) mass is 321 g/mol. The third-order valence-electron chi connectivity index (χ3n) is 3.46. The Balaban J connectivity index is 2.07. The lowest BCUT2D eigenvalue weighted by Crippen LogP contribution is -2.27. The van der Waals surface area contributed by atoms with Crippen molar-refractivity contribution in [3.63, 3.8) is 0 Å². The van der Waals surface area contributed by atoms with Gasteiger partial charge in [-0.1, -0.05) is 25.9 Å². The van der Waals surface area contributed by atoms with Crippen LogP contribution in [0.3, 0.4) is 0 Å². The first-order valence-corrected chi connectivity index (χ1v) is 8.42. The Morgan fingerprint density at radius 1 is 1.41 bits per heavy atom. The summed E-state index contributed by atoms with van der Waals surface area (Å²) in [5.74, 6) is 0.504. The van der Waals surface area contributed by atoms with Crippen LogP contribution in [0.5, 0.6) is 0 Å². The zero-order chi connectivity index (χ0) is 16.3. The molecule has 2 rings (SSSR count). The highest BCUT2D eigenvalue weighted by Crippen LogP contribution is 2.25. The average molecular weight is 321 g/mol. The fourth-order valence-corrected chi connectivity index (χ4v) is 3.21. The van der Waals surface area contributed by atoms with E-state index in [0.717, 1.165) is 29.2 Å². The molecule has 0 spiro atoms. The number of amides is 1. The minimum absolute atomic E-state index is 0.0939. The van der Waals surface area contributed by atoms with Crippen molar-refractivity contribution in [1.82, 2.24) is 15.5 Å². The van der Waals surface area contributed by atoms with E-state index in [9.17, 15) is 4.79 Å². The summed E-state index contributed by atoms with van der Waals surface area (Å²) in [5.41, 5.74) is 1.83. The van der Waals surface area contributed by atoms with Gasteiger partial charge in [-0.3, -0.25) is 4.79 Å². The standard InChI is InChI=1S/C16H23N3O2S/c1-6-13(16-17-10(4)11(5)22-16)18-15(20)14-8-12(19-21-14)7-9(2)3/h8-9,13H,6-7H2,1-5H3,(H,18,20). The first kappa shape index (κ1) is 16.7. The summed E-state index contributed by atoms with van der Waals surface area (Å²) in [6, 6.07) is 1.63. The van der Waals surface area contributed by atoms with Crippen LogP contribution in [0.4, 0.5) is 0 Å². The van der Waals surface area contributed by atoms with E-state index in [1.165, 1.54) is 4.88 Å².